The third-order valence-corrected chi connectivity index (χ3v) is 5.08. The quantitative estimate of drug-likeness (QED) is 0.505. The van der Waals surface area contributed by atoms with E-state index in [1.807, 2.05) is 0 Å². The number of ketones is 1. The van der Waals surface area contributed by atoms with Gasteiger partial charge in [-0.25, -0.2) is 4.79 Å². The molecule has 1 aromatic heterocycles. The monoisotopic (exact) mass is 310 g/mol. The summed E-state index contributed by atoms with van der Waals surface area (Å²) in [6, 6.07) is 0.328. The molecule has 0 saturated heterocycles. The van der Waals surface area contributed by atoms with Crippen molar-refractivity contribution in [2.24, 2.45) is 0 Å². The van der Waals surface area contributed by atoms with Crippen LogP contribution in [0.4, 0.5) is 10.7 Å². The predicted molar refractivity (Wildman–Crippen MR) is 85.2 cm³/mol. The van der Waals surface area contributed by atoms with Crippen LogP contribution in [0.15, 0.2) is 0 Å². The first kappa shape index (κ1) is 15.8. The number of nitrogens with one attached hydrogen (secondary N) is 1. The molecule has 1 heterocycles. The van der Waals surface area contributed by atoms with Crippen molar-refractivity contribution in [3.05, 3.63) is 10.4 Å². The minimum Gasteiger partial charge on any atom is -0.465 e. The molecule has 0 bridgehead atoms. The van der Waals surface area contributed by atoms with Gasteiger partial charge in [0.1, 0.15) is 10.6 Å². The van der Waals surface area contributed by atoms with Crippen LogP contribution in [0.1, 0.15) is 65.5 Å². The van der Waals surface area contributed by atoms with Gasteiger partial charge in [-0.2, -0.15) is 0 Å². The van der Waals surface area contributed by atoms with Gasteiger partial charge in [0.2, 0.25) is 0 Å². The Morgan fingerprint density at radius 1 is 1.24 bits per heavy atom. The van der Waals surface area contributed by atoms with Crippen LogP contribution in [-0.4, -0.2) is 24.9 Å². The van der Waals surface area contributed by atoms with Crippen LogP contribution in [0.3, 0.4) is 0 Å². The Morgan fingerprint density at radius 2 is 1.86 bits per heavy atom. The highest BCUT2D eigenvalue weighted by atomic mass is 32.1. The summed E-state index contributed by atoms with van der Waals surface area (Å²) in [5, 5.41) is 4.07. The zero-order valence-electron chi connectivity index (χ0n) is 12.5. The fourth-order valence-electron chi connectivity index (χ4n) is 2.72. The number of anilines is 2. The smallest absolute Gasteiger partial charge is 0.343 e. The van der Waals surface area contributed by atoms with Gasteiger partial charge in [0.25, 0.3) is 0 Å². The van der Waals surface area contributed by atoms with Crippen LogP contribution in [0.2, 0.25) is 0 Å². The third-order valence-electron chi connectivity index (χ3n) is 3.84. The zero-order valence-corrected chi connectivity index (χ0v) is 13.3. The number of methoxy groups -OCH3 is 1. The summed E-state index contributed by atoms with van der Waals surface area (Å²) in [6.07, 6.45) is 7.04. The summed E-state index contributed by atoms with van der Waals surface area (Å²) >= 11 is 1.25. The normalized spacial score (nSPS) is 16.3. The van der Waals surface area contributed by atoms with Crippen molar-refractivity contribution in [2.75, 3.05) is 18.2 Å². The molecule has 0 unspecified atom stereocenters. The van der Waals surface area contributed by atoms with Gasteiger partial charge in [0.05, 0.1) is 17.7 Å². The first-order valence-corrected chi connectivity index (χ1v) is 8.14. The van der Waals surface area contributed by atoms with E-state index in [0.717, 1.165) is 12.8 Å². The molecule has 1 saturated carbocycles. The van der Waals surface area contributed by atoms with Crippen LogP contribution in [0.5, 0.6) is 0 Å². The van der Waals surface area contributed by atoms with E-state index in [9.17, 15) is 9.59 Å². The summed E-state index contributed by atoms with van der Waals surface area (Å²) in [5.41, 5.74) is 6.50. The molecule has 0 spiro atoms. The van der Waals surface area contributed by atoms with Gasteiger partial charge in [-0.15, -0.1) is 11.3 Å². The highest BCUT2D eigenvalue weighted by molar-refractivity contribution is 7.19. The highest BCUT2D eigenvalue weighted by Crippen LogP contribution is 2.38. The second-order valence-electron chi connectivity index (χ2n) is 5.43. The van der Waals surface area contributed by atoms with Crippen LogP contribution in [-0.2, 0) is 4.74 Å². The van der Waals surface area contributed by atoms with Crippen molar-refractivity contribution in [3.8, 4) is 0 Å². The highest BCUT2D eigenvalue weighted by Gasteiger charge is 2.26. The van der Waals surface area contributed by atoms with Crippen molar-refractivity contribution in [2.45, 2.75) is 51.5 Å². The zero-order chi connectivity index (χ0) is 15.4. The summed E-state index contributed by atoms with van der Waals surface area (Å²) in [6.45, 7) is 1.46. The first-order valence-electron chi connectivity index (χ1n) is 7.32. The van der Waals surface area contributed by atoms with Crippen molar-refractivity contribution in [1.29, 1.82) is 0 Å². The van der Waals surface area contributed by atoms with Crippen LogP contribution in [0.25, 0.3) is 0 Å². The van der Waals surface area contributed by atoms with Crippen molar-refractivity contribution in [3.63, 3.8) is 0 Å². The third kappa shape index (κ3) is 3.56. The van der Waals surface area contributed by atoms with E-state index in [-0.39, 0.29) is 11.5 Å². The van der Waals surface area contributed by atoms with E-state index in [0.29, 0.717) is 21.5 Å². The lowest BCUT2D eigenvalue weighted by Crippen LogP contribution is -2.19. The lowest BCUT2D eigenvalue weighted by Gasteiger charge is -2.17. The number of rotatable bonds is 4. The summed E-state index contributed by atoms with van der Waals surface area (Å²) in [4.78, 5) is 24.0. The minimum atomic E-state index is -0.493. The number of nitrogen functional groups attached to an aromatic ring is 1. The largest absolute Gasteiger partial charge is 0.465 e. The second kappa shape index (κ2) is 6.93. The van der Waals surface area contributed by atoms with Gasteiger partial charge in [-0.3, -0.25) is 4.79 Å². The van der Waals surface area contributed by atoms with E-state index < -0.39 is 5.97 Å². The fraction of sp³-hybridized carbons (Fsp3) is 0.600. The van der Waals surface area contributed by atoms with Gasteiger partial charge < -0.3 is 15.8 Å². The van der Waals surface area contributed by atoms with Crippen molar-refractivity contribution in [1.82, 2.24) is 0 Å². The van der Waals surface area contributed by atoms with Crippen LogP contribution in [0, 0.1) is 0 Å². The van der Waals surface area contributed by atoms with E-state index in [1.165, 1.54) is 51.1 Å². The minimum absolute atomic E-state index is 0.128. The van der Waals surface area contributed by atoms with Crippen LogP contribution < -0.4 is 11.1 Å². The number of carbonyl (C=O) groups is 2. The van der Waals surface area contributed by atoms with Gasteiger partial charge >= 0.3 is 5.97 Å². The Balaban J connectivity index is 2.30. The Kier molecular flexibility index (Phi) is 5.22. The maximum absolute atomic E-state index is 12.0. The standard InChI is InChI=1S/C15H22N2O3S/c1-9(18)13-12(16)11(15(19)20-2)14(21-13)17-10-7-5-3-4-6-8-10/h10,17H,3-8,16H2,1-2H3. The number of hydrogen-bond acceptors (Lipinski definition) is 6. The van der Waals surface area contributed by atoms with Gasteiger partial charge in [-0.05, 0) is 12.8 Å². The fourth-order valence-corrected chi connectivity index (χ4v) is 3.80. The maximum Gasteiger partial charge on any atom is 0.343 e. The Labute approximate surface area is 128 Å². The SMILES string of the molecule is COC(=O)c1c(NC2CCCCCC2)sc(C(C)=O)c1N. The summed E-state index contributed by atoms with van der Waals surface area (Å²) < 4.78 is 4.80. The molecule has 6 heteroatoms. The number of hydrogen-bond donors (Lipinski definition) is 2. The average Bonchev–Trinajstić information content (AvgIpc) is 2.64. The van der Waals surface area contributed by atoms with Crippen molar-refractivity contribution >= 4 is 33.8 Å². The Bertz CT molecular complexity index is 531. The van der Waals surface area contributed by atoms with E-state index in [1.54, 1.807) is 0 Å². The van der Waals surface area contributed by atoms with E-state index in [4.69, 9.17) is 10.5 Å². The molecular formula is C15H22N2O3S. The predicted octanol–water partition coefficient (Wildman–Crippen LogP) is 3.45. The van der Waals surface area contributed by atoms with E-state index in [2.05, 4.69) is 5.32 Å². The summed E-state index contributed by atoms with van der Waals surface area (Å²) in [5.74, 6) is -0.621. The molecule has 21 heavy (non-hydrogen) atoms. The number of nitrogens with two attached hydrogens (primary N) is 1. The molecule has 2 rings (SSSR count). The average molecular weight is 310 g/mol. The maximum atomic E-state index is 12.0. The van der Waals surface area contributed by atoms with Gasteiger partial charge in [0.15, 0.2) is 5.78 Å². The number of carbonyl (C=O) groups excluding carboxylic acids is 2. The molecule has 1 fully saturated rings. The Morgan fingerprint density at radius 3 is 2.38 bits per heavy atom. The van der Waals surface area contributed by atoms with E-state index >= 15 is 0 Å². The molecular weight excluding hydrogens is 288 g/mol. The second-order valence-corrected chi connectivity index (χ2v) is 6.45. The molecule has 0 radical (unpaired) electrons. The molecule has 1 aliphatic rings. The lowest BCUT2D eigenvalue weighted by molar-refractivity contribution is 0.0603. The molecule has 3 N–H and O–H groups in total. The molecule has 0 aromatic carbocycles. The molecule has 0 atom stereocenters. The number of ether oxygens (including phenoxy) is 1. The summed E-state index contributed by atoms with van der Waals surface area (Å²) in [7, 11) is 1.32. The molecule has 5 nitrogen and oxygen atoms in total. The Hall–Kier alpha value is -1.56. The number of thiophene rings is 1. The lowest BCUT2D eigenvalue weighted by atomic mass is 10.1. The molecule has 1 aromatic rings. The number of esters is 1. The topological polar surface area (TPSA) is 81.4 Å². The molecule has 0 aliphatic heterocycles. The molecule has 0 amide bonds. The first-order chi connectivity index (χ1) is 10.0. The van der Waals surface area contributed by atoms with Crippen LogP contribution >= 0.6 is 11.3 Å². The van der Waals surface area contributed by atoms with Gasteiger partial charge in [0, 0.05) is 13.0 Å². The van der Waals surface area contributed by atoms with Crippen molar-refractivity contribution < 1.29 is 14.3 Å². The molecule has 116 valence electrons. The number of Topliss-reactive ketones (excluding diaryl/α,β-unsaturated/α-hetero) is 1. The molecule has 1 aliphatic carbocycles. The van der Waals surface area contributed by atoms with Gasteiger partial charge in [-0.1, -0.05) is 25.7 Å².